The molecule has 0 fully saturated rings. The van der Waals surface area contributed by atoms with Crippen molar-refractivity contribution in [1.82, 2.24) is 4.98 Å². The molecule has 0 aliphatic carbocycles. The smallest absolute Gasteiger partial charge is 0.137 e. The zero-order valence-corrected chi connectivity index (χ0v) is 14.7. The van der Waals surface area contributed by atoms with Gasteiger partial charge in [-0.25, -0.2) is 0 Å². The van der Waals surface area contributed by atoms with Crippen molar-refractivity contribution < 1.29 is 4.74 Å². The number of allylic oxidation sites excluding steroid dienone is 1. The van der Waals surface area contributed by atoms with E-state index in [0.29, 0.717) is 12.2 Å². The van der Waals surface area contributed by atoms with E-state index in [1.54, 1.807) is 6.20 Å². The molecule has 3 aromatic rings. The van der Waals surface area contributed by atoms with E-state index >= 15 is 0 Å². The number of hydrogen-bond acceptors (Lipinski definition) is 3. The van der Waals surface area contributed by atoms with Crippen LogP contribution in [0.2, 0.25) is 0 Å². The van der Waals surface area contributed by atoms with Gasteiger partial charge in [0, 0.05) is 5.56 Å². The molecular formula is C23H20N2O. The van der Waals surface area contributed by atoms with Gasteiger partial charge in [-0.1, -0.05) is 48.6 Å². The maximum Gasteiger partial charge on any atom is 0.137 e. The Hall–Kier alpha value is -3.38. The predicted octanol–water partition coefficient (Wildman–Crippen LogP) is 5.63. The van der Waals surface area contributed by atoms with Crippen molar-refractivity contribution in [3.05, 3.63) is 84.6 Å². The molecule has 1 aromatic heterocycles. The lowest BCUT2D eigenvalue weighted by molar-refractivity contribution is 0.323. The molecule has 0 saturated carbocycles. The zero-order chi connectivity index (χ0) is 18.2. The topological polar surface area (TPSA) is 45.9 Å². The Bertz CT molecular complexity index is 902. The third-order valence-corrected chi connectivity index (χ3v) is 4.05. The average molecular weight is 340 g/mol. The number of ether oxygens (including phenoxy) is 1. The molecule has 26 heavy (non-hydrogen) atoms. The third-order valence-electron chi connectivity index (χ3n) is 4.05. The monoisotopic (exact) mass is 340 g/mol. The second kappa shape index (κ2) is 8.64. The van der Waals surface area contributed by atoms with Crippen LogP contribution in [0.4, 0.5) is 0 Å². The molecule has 3 nitrogen and oxygen atoms in total. The van der Waals surface area contributed by atoms with Crippen molar-refractivity contribution in [1.29, 1.82) is 5.26 Å². The number of pyridine rings is 1. The van der Waals surface area contributed by atoms with Gasteiger partial charge < -0.3 is 4.74 Å². The van der Waals surface area contributed by atoms with Gasteiger partial charge in [0.05, 0.1) is 30.1 Å². The molecule has 0 N–H and O–H groups in total. The molecule has 0 atom stereocenters. The van der Waals surface area contributed by atoms with Crippen LogP contribution in [0.5, 0.6) is 5.75 Å². The minimum Gasteiger partial charge on any atom is -0.492 e. The van der Waals surface area contributed by atoms with Crippen LogP contribution in [0, 0.1) is 11.3 Å². The minimum atomic E-state index is 0.657. The van der Waals surface area contributed by atoms with E-state index in [2.05, 4.69) is 41.4 Å². The van der Waals surface area contributed by atoms with Gasteiger partial charge in [0.15, 0.2) is 0 Å². The van der Waals surface area contributed by atoms with Crippen LogP contribution in [0.1, 0.15) is 18.9 Å². The van der Waals surface area contributed by atoms with Crippen molar-refractivity contribution in [3.8, 4) is 34.2 Å². The summed E-state index contributed by atoms with van der Waals surface area (Å²) in [5, 5.41) is 8.88. The summed E-state index contributed by atoms with van der Waals surface area (Å²) in [4.78, 5) is 4.49. The van der Waals surface area contributed by atoms with E-state index in [4.69, 9.17) is 10.00 Å². The first-order chi connectivity index (χ1) is 12.8. The molecule has 1 heterocycles. The van der Waals surface area contributed by atoms with Gasteiger partial charge in [-0.05, 0) is 48.7 Å². The minimum absolute atomic E-state index is 0.657. The highest BCUT2D eigenvalue weighted by molar-refractivity contribution is 5.69. The van der Waals surface area contributed by atoms with Gasteiger partial charge in [0.1, 0.15) is 5.75 Å². The largest absolute Gasteiger partial charge is 0.492 e. The van der Waals surface area contributed by atoms with E-state index in [1.165, 1.54) is 0 Å². The second-order valence-electron chi connectivity index (χ2n) is 5.85. The Labute approximate surface area is 154 Å². The maximum atomic E-state index is 8.88. The van der Waals surface area contributed by atoms with Crippen LogP contribution in [-0.4, -0.2) is 11.6 Å². The molecule has 3 rings (SSSR count). The lowest BCUT2D eigenvalue weighted by atomic mass is 10.0. The summed E-state index contributed by atoms with van der Waals surface area (Å²) in [6.45, 7) is 2.66. The van der Waals surface area contributed by atoms with Gasteiger partial charge in [-0.15, -0.1) is 0 Å². The van der Waals surface area contributed by atoms with Crippen molar-refractivity contribution in [2.75, 3.05) is 6.61 Å². The Kier molecular flexibility index (Phi) is 5.80. The maximum absolute atomic E-state index is 8.88. The summed E-state index contributed by atoms with van der Waals surface area (Å²) in [5.41, 5.74) is 4.85. The Balaban J connectivity index is 1.69. The molecule has 3 heteroatoms. The Morgan fingerprint density at radius 2 is 1.58 bits per heavy atom. The van der Waals surface area contributed by atoms with Crippen LogP contribution in [0.3, 0.4) is 0 Å². The first-order valence-corrected chi connectivity index (χ1v) is 8.61. The summed E-state index contributed by atoms with van der Waals surface area (Å²) in [7, 11) is 0. The number of nitrogens with zero attached hydrogens (tertiary/aromatic N) is 2. The van der Waals surface area contributed by atoms with E-state index in [1.807, 2.05) is 49.4 Å². The van der Waals surface area contributed by atoms with Gasteiger partial charge >= 0.3 is 0 Å². The highest BCUT2D eigenvalue weighted by atomic mass is 16.5. The summed E-state index contributed by atoms with van der Waals surface area (Å²) in [5.74, 6) is 0.785. The summed E-state index contributed by atoms with van der Waals surface area (Å²) < 4.78 is 5.66. The highest BCUT2D eigenvalue weighted by Gasteiger charge is 2.03. The molecule has 0 aliphatic rings. The summed E-state index contributed by atoms with van der Waals surface area (Å²) in [6.07, 6.45) is 6.76. The molecule has 0 saturated heterocycles. The Morgan fingerprint density at radius 3 is 2.15 bits per heavy atom. The SMILES string of the molecule is CC=CCCOc1ccc(-c2ccc(-c3ccc(C#N)cc3)cc2)nc1. The lowest BCUT2D eigenvalue weighted by Crippen LogP contribution is -1.96. The van der Waals surface area contributed by atoms with Crippen LogP contribution in [-0.2, 0) is 0 Å². The van der Waals surface area contributed by atoms with Gasteiger partial charge in [0.25, 0.3) is 0 Å². The van der Waals surface area contributed by atoms with Crippen molar-refractivity contribution in [3.63, 3.8) is 0 Å². The van der Waals surface area contributed by atoms with E-state index in [9.17, 15) is 0 Å². The molecule has 0 unspecified atom stereocenters. The highest BCUT2D eigenvalue weighted by Crippen LogP contribution is 2.25. The number of benzene rings is 2. The fourth-order valence-electron chi connectivity index (χ4n) is 2.62. The summed E-state index contributed by atoms with van der Waals surface area (Å²) >= 11 is 0. The third kappa shape index (κ3) is 4.37. The average Bonchev–Trinajstić information content (AvgIpc) is 2.72. The zero-order valence-electron chi connectivity index (χ0n) is 14.7. The van der Waals surface area contributed by atoms with Gasteiger partial charge in [-0.3, -0.25) is 4.98 Å². The van der Waals surface area contributed by atoms with Crippen molar-refractivity contribution in [2.45, 2.75) is 13.3 Å². The molecule has 128 valence electrons. The fourth-order valence-corrected chi connectivity index (χ4v) is 2.62. The van der Waals surface area contributed by atoms with Gasteiger partial charge in [0.2, 0.25) is 0 Å². The predicted molar refractivity (Wildman–Crippen MR) is 105 cm³/mol. The van der Waals surface area contributed by atoms with Gasteiger partial charge in [-0.2, -0.15) is 5.26 Å². The quantitative estimate of drug-likeness (QED) is 0.431. The van der Waals surface area contributed by atoms with E-state index in [-0.39, 0.29) is 0 Å². The van der Waals surface area contributed by atoms with Crippen LogP contribution in [0.25, 0.3) is 22.4 Å². The van der Waals surface area contributed by atoms with Crippen LogP contribution >= 0.6 is 0 Å². The lowest BCUT2D eigenvalue weighted by Gasteiger charge is -2.07. The summed E-state index contributed by atoms with van der Waals surface area (Å²) in [6, 6.07) is 21.9. The number of nitriles is 1. The number of aromatic nitrogens is 1. The normalized spacial score (nSPS) is 10.6. The molecule has 0 amide bonds. The molecule has 0 bridgehead atoms. The van der Waals surface area contributed by atoms with Crippen molar-refractivity contribution >= 4 is 0 Å². The Morgan fingerprint density at radius 1 is 0.923 bits per heavy atom. The first-order valence-electron chi connectivity index (χ1n) is 8.61. The standard InChI is InChI=1S/C23H20N2O/c1-2-3-4-15-26-22-13-14-23(25-17-22)21-11-9-20(10-12-21)19-7-5-18(16-24)6-8-19/h2-3,5-14,17H,4,15H2,1H3. The molecular weight excluding hydrogens is 320 g/mol. The van der Waals surface area contributed by atoms with E-state index in [0.717, 1.165) is 34.6 Å². The van der Waals surface area contributed by atoms with Crippen molar-refractivity contribution in [2.24, 2.45) is 0 Å². The molecule has 0 aliphatic heterocycles. The van der Waals surface area contributed by atoms with Crippen LogP contribution < -0.4 is 4.74 Å². The van der Waals surface area contributed by atoms with E-state index < -0.39 is 0 Å². The second-order valence-corrected chi connectivity index (χ2v) is 5.85. The fraction of sp³-hybridized carbons (Fsp3) is 0.130. The number of hydrogen-bond donors (Lipinski definition) is 0. The number of rotatable bonds is 6. The molecule has 0 radical (unpaired) electrons. The van der Waals surface area contributed by atoms with Crippen LogP contribution in [0.15, 0.2) is 79.0 Å². The molecule has 2 aromatic carbocycles. The molecule has 0 spiro atoms. The first kappa shape index (κ1) is 17.4.